The van der Waals surface area contributed by atoms with Gasteiger partial charge in [0.1, 0.15) is 6.04 Å². The van der Waals surface area contributed by atoms with Crippen molar-refractivity contribution >= 4 is 11.8 Å². The number of carbonyl (C=O) groups excluding carboxylic acids is 2. The van der Waals surface area contributed by atoms with E-state index >= 15 is 0 Å². The van der Waals surface area contributed by atoms with Crippen LogP contribution in [0.25, 0.3) is 0 Å². The third-order valence-corrected chi connectivity index (χ3v) is 6.45. The second kappa shape index (κ2) is 13.6. The zero-order valence-electron chi connectivity index (χ0n) is 22.2. The van der Waals surface area contributed by atoms with Crippen molar-refractivity contribution in [3.63, 3.8) is 0 Å². The van der Waals surface area contributed by atoms with E-state index in [-0.39, 0.29) is 11.8 Å². The number of nitrogens with zero attached hydrogens (tertiary/aromatic N) is 1. The highest BCUT2D eigenvalue weighted by atomic mass is 16.2. The maximum absolute atomic E-state index is 13.7. The average Bonchev–Trinajstić information content (AvgIpc) is 2.88. The minimum absolute atomic E-state index is 0.00305. The van der Waals surface area contributed by atoms with E-state index in [9.17, 15) is 9.59 Å². The summed E-state index contributed by atoms with van der Waals surface area (Å²) < 4.78 is 0. The molecule has 0 saturated carbocycles. The highest BCUT2D eigenvalue weighted by molar-refractivity contribution is 5.88. The third kappa shape index (κ3) is 8.37. The smallest absolute Gasteiger partial charge is 0.243 e. The zero-order chi connectivity index (χ0) is 25.9. The minimum atomic E-state index is -0.582. The van der Waals surface area contributed by atoms with E-state index in [1.54, 1.807) is 4.90 Å². The summed E-state index contributed by atoms with van der Waals surface area (Å²) >= 11 is 0. The van der Waals surface area contributed by atoms with Crippen LogP contribution < -0.4 is 5.32 Å². The van der Waals surface area contributed by atoms with Crippen LogP contribution in [0.15, 0.2) is 78.9 Å². The van der Waals surface area contributed by atoms with Gasteiger partial charge in [0.2, 0.25) is 11.8 Å². The predicted octanol–water partition coefficient (Wildman–Crippen LogP) is 5.90. The van der Waals surface area contributed by atoms with Gasteiger partial charge in [-0.25, -0.2) is 0 Å². The van der Waals surface area contributed by atoms with Crippen molar-refractivity contribution in [2.75, 3.05) is 6.54 Å². The van der Waals surface area contributed by atoms with Crippen LogP contribution in [0.1, 0.15) is 55.0 Å². The van der Waals surface area contributed by atoms with Crippen molar-refractivity contribution in [2.24, 2.45) is 5.92 Å². The number of amides is 2. The molecule has 0 spiro atoms. The number of nitrogens with one attached hydrogen (secondary N) is 1. The molecule has 3 aromatic carbocycles. The molecule has 1 N–H and O–H groups in total. The van der Waals surface area contributed by atoms with Gasteiger partial charge in [0.15, 0.2) is 0 Å². The zero-order valence-corrected chi connectivity index (χ0v) is 22.2. The molecular weight excluding hydrogens is 444 g/mol. The van der Waals surface area contributed by atoms with Crippen molar-refractivity contribution < 1.29 is 9.59 Å². The summed E-state index contributed by atoms with van der Waals surface area (Å²) in [5, 5.41) is 3.09. The lowest BCUT2D eigenvalue weighted by Crippen LogP contribution is -2.51. The van der Waals surface area contributed by atoms with Crippen molar-refractivity contribution in [3.05, 3.63) is 107 Å². The number of rotatable bonds is 12. The van der Waals surface area contributed by atoms with Gasteiger partial charge in [-0.3, -0.25) is 9.59 Å². The lowest BCUT2D eigenvalue weighted by Gasteiger charge is -2.32. The van der Waals surface area contributed by atoms with Crippen molar-refractivity contribution in [3.8, 4) is 0 Å². The van der Waals surface area contributed by atoms with E-state index in [1.807, 2.05) is 55.5 Å². The summed E-state index contributed by atoms with van der Waals surface area (Å²) in [6.07, 6.45) is 2.49. The predicted molar refractivity (Wildman–Crippen MR) is 148 cm³/mol. The Kier molecular flexibility index (Phi) is 10.3. The fourth-order valence-electron chi connectivity index (χ4n) is 4.32. The lowest BCUT2D eigenvalue weighted by atomic mass is 10.0. The van der Waals surface area contributed by atoms with Crippen LogP contribution in [-0.2, 0) is 35.4 Å². The molecule has 4 heteroatoms. The molecule has 0 aromatic heterocycles. The Morgan fingerprint density at radius 2 is 1.50 bits per heavy atom. The van der Waals surface area contributed by atoms with Gasteiger partial charge in [0.05, 0.1) is 0 Å². The van der Waals surface area contributed by atoms with Crippen LogP contribution in [-0.4, -0.2) is 29.3 Å². The molecule has 0 heterocycles. The molecule has 0 aliphatic rings. The lowest BCUT2D eigenvalue weighted by molar-refractivity contribution is -0.141. The largest absolute Gasteiger partial charge is 0.354 e. The Morgan fingerprint density at radius 3 is 2.14 bits per heavy atom. The number of benzene rings is 3. The number of aryl methyl sites for hydroxylation is 3. The highest BCUT2D eigenvalue weighted by Crippen LogP contribution is 2.18. The Labute approximate surface area is 216 Å². The SMILES string of the molecule is CCc1ccc(CCC(=O)N(Cc2cccc(C)c2)[C@@H](Cc2ccccc2)C(=O)NCC(C)C)cc1. The van der Waals surface area contributed by atoms with Gasteiger partial charge in [-0.2, -0.15) is 0 Å². The molecule has 36 heavy (non-hydrogen) atoms. The van der Waals surface area contributed by atoms with Gasteiger partial charge in [0, 0.05) is 25.9 Å². The van der Waals surface area contributed by atoms with Crippen LogP contribution in [0.5, 0.6) is 0 Å². The summed E-state index contributed by atoms with van der Waals surface area (Å²) in [4.78, 5) is 29.0. The second-order valence-electron chi connectivity index (χ2n) is 10.0. The Balaban J connectivity index is 1.88. The van der Waals surface area contributed by atoms with Gasteiger partial charge < -0.3 is 10.2 Å². The third-order valence-electron chi connectivity index (χ3n) is 6.45. The Morgan fingerprint density at radius 1 is 0.833 bits per heavy atom. The first-order chi connectivity index (χ1) is 17.4. The average molecular weight is 485 g/mol. The second-order valence-corrected chi connectivity index (χ2v) is 10.0. The van der Waals surface area contributed by atoms with Crippen molar-refractivity contribution in [1.29, 1.82) is 0 Å². The molecule has 4 nitrogen and oxygen atoms in total. The molecule has 2 amide bonds. The van der Waals surface area contributed by atoms with E-state index in [0.29, 0.717) is 38.3 Å². The molecular formula is C32H40N2O2. The monoisotopic (exact) mass is 484 g/mol. The first kappa shape index (κ1) is 27.2. The first-order valence-electron chi connectivity index (χ1n) is 13.1. The summed E-state index contributed by atoms with van der Waals surface area (Å²) in [7, 11) is 0. The summed E-state index contributed by atoms with van der Waals surface area (Å²) in [5.74, 6) is 0.232. The van der Waals surface area contributed by atoms with E-state index in [0.717, 1.165) is 28.7 Å². The maximum atomic E-state index is 13.7. The quantitative estimate of drug-likeness (QED) is 0.348. The normalized spacial score (nSPS) is 11.8. The van der Waals surface area contributed by atoms with E-state index < -0.39 is 6.04 Å². The molecule has 0 fully saturated rings. The van der Waals surface area contributed by atoms with E-state index in [2.05, 4.69) is 56.4 Å². The topological polar surface area (TPSA) is 49.4 Å². The molecule has 0 aliphatic heterocycles. The van der Waals surface area contributed by atoms with Gasteiger partial charge in [-0.1, -0.05) is 105 Å². The van der Waals surface area contributed by atoms with Crippen molar-refractivity contribution in [1.82, 2.24) is 10.2 Å². The number of hydrogen-bond acceptors (Lipinski definition) is 2. The number of carbonyl (C=O) groups is 2. The van der Waals surface area contributed by atoms with Crippen molar-refractivity contribution in [2.45, 2.75) is 66.0 Å². The van der Waals surface area contributed by atoms with Gasteiger partial charge in [0.25, 0.3) is 0 Å². The summed E-state index contributed by atoms with van der Waals surface area (Å²) in [5.41, 5.74) is 5.64. The molecule has 0 radical (unpaired) electrons. The molecule has 0 bridgehead atoms. The van der Waals surface area contributed by atoms with Crippen LogP contribution in [0.3, 0.4) is 0 Å². The Bertz CT molecular complexity index is 1110. The van der Waals surface area contributed by atoms with Gasteiger partial charge in [-0.15, -0.1) is 0 Å². The van der Waals surface area contributed by atoms with E-state index in [4.69, 9.17) is 0 Å². The fraction of sp³-hybridized carbons (Fsp3) is 0.375. The van der Waals surface area contributed by atoms with Crippen LogP contribution >= 0.6 is 0 Å². The van der Waals surface area contributed by atoms with Crippen LogP contribution in [0.2, 0.25) is 0 Å². The molecule has 0 aliphatic carbocycles. The van der Waals surface area contributed by atoms with E-state index in [1.165, 1.54) is 5.56 Å². The van der Waals surface area contributed by atoms with Gasteiger partial charge in [-0.05, 0) is 47.9 Å². The van der Waals surface area contributed by atoms with Gasteiger partial charge >= 0.3 is 0 Å². The first-order valence-corrected chi connectivity index (χ1v) is 13.1. The number of hydrogen-bond donors (Lipinski definition) is 1. The minimum Gasteiger partial charge on any atom is -0.354 e. The molecule has 3 aromatic rings. The van der Waals surface area contributed by atoms with Crippen LogP contribution in [0, 0.1) is 12.8 Å². The standard InChI is InChI=1S/C32H40N2O2/c1-5-26-14-16-27(17-15-26)18-19-31(35)34(23-29-13-9-10-25(4)20-29)30(32(36)33-22-24(2)3)21-28-11-7-6-8-12-28/h6-17,20,24,30H,5,18-19,21-23H2,1-4H3,(H,33,36)/t30-/m0/s1. The molecule has 0 unspecified atom stereocenters. The summed E-state index contributed by atoms with van der Waals surface area (Å²) in [6.45, 7) is 9.32. The Hall–Kier alpha value is -3.40. The summed E-state index contributed by atoms with van der Waals surface area (Å²) in [6, 6.07) is 26.0. The maximum Gasteiger partial charge on any atom is 0.243 e. The fourth-order valence-corrected chi connectivity index (χ4v) is 4.32. The molecule has 1 atom stereocenters. The molecule has 0 saturated heterocycles. The highest BCUT2D eigenvalue weighted by Gasteiger charge is 2.30. The molecule has 190 valence electrons. The molecule has 3 rings (SSSR count). The van der Waals surface area contributed by atoms with Crippen LogP contribution in [0.4, 0.5) is 0 Å².